The number of hydrogen-bond acceptors (Lipinski definition) is 4. The van der Waals surface area contributed by atoms with Crippen LogP contribution in [0.1, 0.15) is 18.9 Å². The first-order valence-electron chi connectivity index (χ1n) is 7.53. The van der Waals surface area contributed by atoms with Crippen LogP contribution in [0.2, 0.25) is 5.02 Å². The van der Waals surface area contributed by atoms with Gasteiger partial charge in [0.05, 0.1) is 12.9 Å². The summed E-state index contributed by atoms with van der Waals surface area (Å²) in [5.74, 6) is 0.424. The van der Waals surface area contributed by atoms with Crippen molar-refractivity contribution in [2.75, 3.05) is 33.0 Å². The van der Waals surface area contributed by atoms with Gasteiger partial charge in [0.2, 0.25) is 15.9 Å². The third-order valence-electron chi connectivity index (χ3n) is 3.39. The minimum absolute atomic E-state index is 0.0695. The molecule has 0 radical (unpaired) electrons. The van der Waals surface area contributed by atoms with Gasteiger partial charge in [0.25, 0.3) is 0 Å². The quantitative estimate of drug-likeness (QED) is 0.530. The van der Waals surface area contributed by atoms with E-state index in [-0.39, 0.29) is 11.7 Å². The molecule has 1 aromatic carbocycles. The smallest absolute Gasteiger partial charge is 0.244 e. The number of halogens is 1. The lowest BCUT2D eigenvalue weighted by molar-refractivity contribution is -0.116. The molecule has 0 aromatic heterocycles. The minimum Gasteiger partial charge on any atom is -0.496 e. The zero-order valence-electron chi connectivity index (χ0n) is 14.1. The second-order valence-electron chi connectivity index (χ2n) is 5.09. The number of carbonyl (C=O) groups excluding carboxylic acids is 1. The summed E-state index contributed by atoms with van der Waals surface area (Å²) in [4.78, 5) is 11.8. The third-order valence-corrected chi connectivity index (χ3v) is 5.49. The van der Waals surface area contributed by atoms with Crippen molar-refractivity contribution in [3.8, 4) is 5.75 Å². The van der Waals surface area contributed by atoms with E-state index in [0.717, 1.165) is 0 Å². The van der Waals surface area contributed by atoms with E-state index >= 15 is 0 Å². The zero-order valence-corrected chi connectivity index (χ0v) is 15.7. The number of carbonyl (C=O) groups is 1. The van der Waals surface area contributed by atoms with Gasteiger partial charge in [-0.2, -0.15) is 0 Å². The third kappa shape index (κ3) is 6.51. The van der Waals surface area contributed by atoms with Gasteiger partial charge in [0.1, 0.15) is 5.75 Å². The highest BCUT2D eigenvalue weighted by Gasteiger charge is 2.13. The van der Waals surface area contributed by atoms with Crippen molar-refractivity contribution in [1.82, 2.24) is 9.62 Å². The molecule has 24 heavy (non-hydrogen) atoms. The largest absolute Gasteiger partial charge is 0.496 e. The number of methoxy groups -OCH3 is 1. The molecule has 0 aliphatic carbocycles. The maximum atomic E-state index is 11.8. The normalized spacial score (nSPS) is 11.9. The molecule has 0 saturated carbocycles. The average Bonchev–Trinajstić information content (AvgIpc) is 2.56. The van der Waals surface area contributed by atoms with Crippen LogP contribution in [-0.4, -0.2) is 51.6 Å². The van der Waals surface area contributed by atoms with E-state index in [1.807, 2.05) is 0 Å². The van der Waals surface area contributed by atoms with E-state index in [0.29, 0.717) is 35.8 Å². The number of nitrogens with one attached hydrogen (secondary N) is 1. The molecule has 6 nitrogen and oxygen atoms in total. The molecule has 0 heterocycles. The molecule has 0 saturated heterocycles. The monoisotopic (exact) mass is 374 g/mol. The number of amides is 1. The summed E-state index contributed by atoms with van der Waals surface area (Å²) in [6, 6.07) is 5.14. The van der Waals surface area contributed by atoms with E-state index in [9.17, 15) is 13.2 Å². The standard InChI is InChI=1S/C16H23ClN2O4S/c1-4-24(21,22)19(2)11-5-10-18-16(20)9-6-13-12-14(17)7-8-15(13)23-3/h6-9,12H,4-5,10-11H2,1-3H3,(H,18,20). The molecule has 1 amide bonds. The number of hydrogen-bond donors (Lipinski definition) is 1. The van der Waals surface area contributed by atoms with Crippen LogP contribution in [0.3, 0.4) is 0 Å². The number of ether oxygens (including phenoxy) is 1. The molecular formula is C16H23ClN2O4S. The predicted molar refractivity (Wildman–Crippen MR) is 96.8 cm³/mol. The molecule has 1 aromatic rings. The molecule has 0 atom stereocenters. The number of rotatable bonds is 9. The highest BCUT2D eigenvalue weighted by molar-refractivity contribution is 7.89. The van der Waals surface area contributed by atoms with Crippen molar-refractivity contribution >= 4 is 33.6 Å². The van der Waals surface area contributed by atoms with Crippen LogP contribution < -0.4 is 10.1 Å². The van der Waals surface area contributed by atoms with Gasteiger partial charge >= 0.3 is 0 Å². The van der Waals surface area contributed by atoms with Crippen molar-refractivity contribution in [2.24, 2.45) is 0 Å². The first-order chi connectivity index (χ1) is 11.3. The summed E-state index contributed by atoms with van der Waals surface area (Å²) in [7, 11) is -0.0998. The summed E-state index contributed by atoms with van der Waals surface area (Å²) < 4.78 is 29.7. The van der Waals surface area contributed by atoms with Gasteiger partial charge in [-0.25, -0.2) is 12.7 Å². The highest BCUT2D eigenvalue weighted by Crippen LogP contribution is 2.23. The van der Waals surface area contributed by atoms with E-state index < -0.39 is 10.0 Å². The van der Waals surface area contributed by atoms with Gasteiger partial charge in [-0.05, 0) is 37.6 Å². The number of nitrogens with zero attached hydrogens (tertiary/aromatic N) is 1. The van der Waals surface area contributed by atoms with Crippen molar-refractivity contribution < 1.29 is 17.9 Å². The SMILES string of the molecule is CCS(=O)(=O)N(C)CCCNC(=O)C=Cc1cc(Cl)ccc1OC. The predicted octanol–water partition coefficient (Wildman–Crippen LogP) is 2.15. The first kappa shape index (κ1) is 20.5. The van der Waals surface area contributed by atoms with E-state index in [2.05, 4.69) is 5.32 Å². The molecule has 0 unspecified atom stereocenters. The van der Waals surface area contributed by atoms with Crippen molar-refractivity contribution in [2.45, 2.75) is 13.3 Å². The average molecular weight is 375 g/mol. The Morgan fingerprint density at radius 3 is 2.75 bits per heavy atom. The Morgan fingerprint density at radius 1 is 1.42 bits per heavy atom. The summed E-state index contributed by atoms with van der Waals surface area (Å²) in [5, 5.41) is 3.26. The Labute approximate surface area is 148 Å². The van der Waals surface area contributed by atoms with Crippen LogP contribution >= 0.6 is 11.6 Å². The first-order valence-corrected chi connectivity index (χ1v) is 9.52. The Balaban J connectivity index is 2.46. The molecule has 0 aliphatic heterocycles. The summed E-state index contributed by atoms with van der Waals surface area (Å²) in [6.07, 6.45) is 3.55. The van der Waals surface area contributed by atoms with Gasteiger partial charge in [-0.15, -0.1) is 0 Å². The molecule has 0 aliphatic rings. The molecule has 0 fully saturated rings. The van der Waals surface area contributed by atoms with E-state index in [1.54, 1.807) is 38.3 Å². The highest BCUT2D eigenvalue weighted by atomic mass is 35.5. The maximum absolute atomic E-state index is 11.8. The number of sulfonamides is 1. The maximum Gasteiger partial charge on any atom is 0.244 e. The van der Waals surface area contributed by atoms with Crippen LogP contribution in [0.25, 0.3) is 6.08 Å². The van der Waals surface area contributed by atoms with Crippen LogP contribution in [-0.2, 0) is 14.8 Å². The van der Waals surface area contributed by atoms with Gasteiger partial charge in [0.15, 0.2) is 0 Å². The molecule has 0 spiro atoms. The second-order valence-corrected chi connectivity index (χ2v) is 7.89. The lowest BCUT2D eigenvalue weighted by atomic mass is 10.2. The van der Waals surface area contributed by atoms with Crippen LogP contribution in [0.15, 0.2) is 24.3 Å². The molecular weight excluding hydrogens is 352 g/mol. The fraction of sp³-hybridized carbons (Fsp3) is 0.438. The second kappa shape index (κ2) is 9.66. The summed E-state index contributed by atoms with van der Waals surface area (Å²) in [6.45, 7) is 2.35. The lowest BCUT2D eigenvalue weighted by Crippen LogP contribution is -2.32. The summed E-state index contributed by atoms with van der Waals surface area (Å²) in [5.41, 5.74) is 0.703. The fourth-order valence-electron chi connectivity index (χ4n) is 1.93. The van der Waals surface area contributed by atoms with E-state index in [1.165, 1.54) is 17.4 Å². The Hall–Kier alpha value is -1.57. The van der Waals surface area contributed by atoms with Crippen molar-refractivity contribution in [3.63, 3.8) is 0 Å². The van der Waals surface area contributed by atoms with Gasteiger partial charge in [-0.3, -0.25) is 4.79 Å². The van der Waals surface area contributed by atoms with Crippen molar-refractivity contribution in [1.29, 1.82) is 0 Å². The number of benzene rings is 1. The molecule has 1 N–H and O–H groups in total. The Morgan fingerprint density at radius 2 is 2.12 bits per heavy atom. The van der Waals surface area contributed by atoms with Crippen LogP contribution in [0, 0.1) is 0 Å². The van der Waals surface area contributed by atoms with Crippen LogP contribution in [0.5, 0.6) is 5.75 Å². The molecule has 134 valence electrons. The topological polar surface area (TPSA) is 75.7 Å². The molecule has 0 bridgehead atoms. The Bertz CT molecular complexity index is 689. The molecule has 8 heteroatoms. The van der Waals surface area contributed by atoms with Crippen molar-refractivity contribution in [3.05, 3.63) is 34.9 Å². The summed E-state index contributed by atoms with van der Waals surface area (Å²) >= 11 is 5.93. The fourth-order valence-corrected chi connectivity index (χ4v) is 2.96. The van der Waals surface area contributed by atoms with Gasteiger partial charge in [-0.1, -0.05) is 11.6 Å². The lowest BCUT2D eigenvalue weighted by Gasteiger charge is -2.15. The zero-order chi connectivity index (χ0) is 18.2. The van der Waals surface area contributed by atoms with Crippen LogP contribution in [0.4, 0.5) is 0 Å². The minimum atomic E-state index is -3.18. The van der Waals surface area contributed by atoms with Gasteiger partial charge in [0, 0.05) is 36.8 Å². The Kier molecular flexibility index (Phi) is 8.24. The van der Waals surface area contributed by atoms with Gasteiger partial charge < -0.3 is 10.1 Å². The van der Waals surface area contributed by atoms with E-state index in [4.69, 9.17) is 16.3 Å². The molecule has 1 rings (SSSR count).